The van der Waals surface area contributed by atoms with Gasteiger partial charge in [-0.05, 0) is 42.2 Å². The smallest absolute Gasteiger partial charge is 0.337 e. The number of carbonyl (C=O) groups excluding carboxylic acids is 2. The lowest BCUT2D eigenvalue weighted by Crippen LogP contribution is -2.30. The zero-order valence-corrected chi connectivity index (χ0v) is 16.0. The Hall–Kier alpha value is -3.02. The molecule has 0 spiro atoms. The Morgan fingerprint density at radius 1 is 1.07 bits per heavy atom. The van der Waals surface area contributed by atoms with Gasteiger partial charge in [0, 0.05) is 19.2 Å². The highest BCUT2D eigenvalue weighted by molar-refractivity contribution is 5.97. The molecule has 2 aromatic rings. The third kappa shape index (κ3) is 4.58. The van der Waals surface area contributed by atoms with Crippen LogP contribution in [0.2, 0.25) is 0 Å². The van der Waals surface area contributed by atoms with Crippen LogP contribution in [0.4, 0.5) is 0 Å². The Morgan fingerprint density at radius 2 is 1.70 bits per heavy atom. The topological polar surface area (TPSA) is 87.1 Å². The second-order valence-electron chi connectivity index (χ2n) is 6.59. The molecule has 0 unspecified atom stereocenters. The molecule has 2 rings (SSSR count). The van der Waals surface area contributed by atoms with Gasteiger partial charge in [-0.1, -0.05) is 26.0 Å². The second-order valence-corrected chi connectivity index (χ2v) is 6.59. The first kappa shape index (κ1) is 20.3. The molecule has 0 aliphatic rings. The van der Waals surface area contributed by atoms with Crippen LogP contribution in [0.15, 0.2) is 36.4 Å². The summed E-state index contributed by atoms with van der Waals surface area (Å²) < 4.78 is 4.68. The van der Waals surface area contributed by atoms with Crippen LogP contribution in [-0.4, -0.2) is 40.6 Å². The molecule has 0 saturated heterocycles. The Bertz CT molecular complexity index is 827. The highest BCUT2D eigenvalue weighted by Gasteiger charge is 2.21. The summed E-state index contributed by atoms with van der Waals surface area (Å²) in [7, 11) is 1.32. The molecule has 0 heterocycles. The van der Waals surface area contributed by atoms with E-state index < -0.39 is 5.97 Å². The van der Waals surface area contributed by atoms with Gasteiger partial charge in [0.2, 0.25) is 0 Å². The minimum atomic E-state index is -0.416. The first-order chi connectivity index (χ1) is 12.8. The number of ether oxygens (including phenoxy) is 1. The Kier molecular flexibility index (Phi) is 6.45. The molecule has 2 aromatic carbocycles. The molecule has 0 aliphatic heterocycles. The number of phenols is 2. The van der Waals surface area contributed by atoms with Crippen molar-refractivity contribution >= 4 is 11.9 Å². The molecule has 144 valence electrons. The summed E-state index contributed by atoms with van der Waals surface area (Å²) in [5.41, 5.74) is 2.05. The monoisotopic (exact) mass is 371 g/mol. The summed E-state index contributed by atoms with van der Waals surface area (Å²) >= 11 is 0. The van der Waals surface area contributed by atoms with E-state index in [1.54, 1.807) is 35.2 Å². The van der Waals surface area contributed by atoms with Gasteiger partial charge in [-0.2, -0.15) is 0 Å². The maximum atomic E-state index is 12.9. The standard InChI is InChI=1S/C21H25NO5/c1-5-22(12-14-6-8-15(9-7-14)21(26)27-4)20(25)17-10-16(13(2)3)18(23)11-19(17)24/h6-11,13,23-24H,5,12H2,1-4H3. The zero-order valence-electron chi connectivity index (χ0n) is 16.0. The first-order valence-corrected chi connectivity index (χ1v) is 8.80. The number of amides is 1. The van der Waals surface area contributed by atoms with Crippen molar-refractivity contribution in [3.63, 3.8) is 0 Å². The van der Waals surface area contributed by atoms with E-state index in [-0.39, 0.29) is 28.9 Å². The van der Waals surface area contributed by atoms with Gasteiger partial charge < -0.3 is 19.8 Å². The van der Waals surface area contributed by atoms with Crippen molar-refractivity contribution in [2.45, 2.75) is 33.2 Å². The van der Waals surface area contributed by atoms with Crippen LogP contribution >= 0.6 is 0 Å². The number of methoxy groups -OCH3 is 1. The molecule has 0 bridgehead atoms. The van der Waals surface area contributed by atoms with Crippen molar-refractivity contribution in [1.29, 1.82) is 0 Å². The van der Waals surface area contributed by atoms with Crippen molar-refractivity contribution in [3.8, 4) is 11.5 Å². The fourth-order valence-corrected chi connectivity index (χ4v) is 2.81. The predicted octanol–water partition coefficient (Wildman–Crippen LogP) is 3.67. The lowest BCUT2D eigenvalue weighted by atomic mass is 9.98. The van der Waals surface area contributed by atoms with Crippen LogP contribution in [0.3, 0.4) is 0 Å². The average molecular weight is 371 g/mol. The third-order valence-electron chi connectivity index (χ3n) is 4.41. The minimum Gasteiger partial charge on any atom is -0.508 e. The molecule has 2 N–H and O–H groups in total. The van der Waals surface area contributed by atoms with Crippen molar-refractivity contribution in [3.05, 3.63) is 58.7 Å². The Labute approximate surface area is 159 Å². The van der Waals surface area contributed by atoms with E-state index in [9.17, 15) is 19.8 Å². The average Bonchev–Trinajstić information content (AvgIpc) is 2.65. The highest BCUT2D eigenvalue weighted by atomic mass is 16.5. The minimum absolute atomic E-state index is 0.0121. The van der Waals surface area contributed by atoms with Crippen LogP contribution in [0.1, 0.15) is 58.5 Å². The maximum Gasteiger partial charge on any atom is 0.337 e. The van der Waals surface area contributed by atoms with E-state index in [0.29, 0.717) is 24.2 Å². The van der Waals surface area contributed by atoms with Crippen molar-refractivity contribution in [2.75, 3.05) is 13.7 Å². The van der Waals surface area contributed by atoms with E-state index >= 15 is 0 Å². The van der Waals surface area contributed by atoms with Crippen LogP contribution < -0.4 is 0 Å². The van der Waals surface area contributed by atoms with E-state index in [2.05, 4.69) is 4.74 Å². The van der Waals surface area contributed by atoms with E-state index in [1.807, 2.05) is 20.8 Å². The summed E-state index contributed by atoms with van der Waals surface area (Å²) in [5.74, 6) is -1.01. The number of hydrogen-bond acceptors (Lipinski definition) is 5. The number of nitrogens with zero attached hydrogens (tertiary/aromatic N) is 1. The number of esters is 1. The summed E-state index contributed by atoms with van der Waals surface area (Å²) in [6.07, 6.45) is 0. The number of benzene rings is 2. The van der Waals surface area contributed by atoms with Crippen molar-refractivity contribution < 1.29 is 24.5 Å². The fourth-order valence-electron chi connectivity index (χ4n) is 2.81. The van der Waals surface area contributed by atoms with E-state index in [4.69, 9.17) is 0 Å². The molecule has 6 heteroatoms. The molecule has 0 atom stereocenters. The normalized spacial score (nSPS) is 10.7. The highest BCUT2D eigenvalue weighted by Crippen LogP contribution is 2.33. The SMILES string of the molecule is CCN(Cc1ccc(C(=O)OC)cc1)C(=O)c1cc(C(C)C)c(O)cc1O. The molecule has 0 radical (unpaired) electrons. The van der Waals surface area contributed by atoms with E-state index in [0.717, 1.165) is 5.56 Å². The predicted molar refractivity (Wildman–Crippen MR) is 102 cm³/mol. The molecular weight excluding hydrogens is 346 g/mol. The van der Waals surface area contributed by atoms with Gasteiger partial charge in [0.25, 0.3) is 5.91 Å². The van der Waals surface area contributed by atoms with Crippen LogP contribution in [-0.2, 0) is 11.3 Å². The van der Waals surface area contributed by atoms with Crippen molar-refractivity contribution in [1.82, 2.24) is 4.90 Å². The number of rotatable bonds is 6. The van der Waals surface area contributed by atoms with Gasteiger partial charge in [-0.3, -0.25) is 4.79 Å². The number of carbonyl (C=O) groups is 2. The summed E-state index contributed by atoms with van der Waals surface area (Å²) in [5, 5.41) is 20.1. The number of aromatic hydroxyl groups is 2. The van der Waals surface area contributed by atoms with Crippen molar-refractivity contribution in [2.24, 2.45) is 0 Å². The van der Waals surface area contributed by atoms with Gasteiger partial charge in [0.05, 0.1) is 18.2 Å². The summed E-state index contributed by atoms with van der Waals surface area (Å²) in [6, 6.07) is 9.57. The quantitative estimate of drug-likeness (QED) is 0.757. The molecule has 0 saturated carbocycles. The molecule has 0 fully saturated rings. The van der Waals surface area contributed by atoms with Gasteiger partial charge >= 0.3 is 5.97 Å². The lowest BCUT2D eigenvalue weighted by Gasteiger charge is -2.22. The molecule has 6 nitrogen and oxygen atoms in total. The van der Waals surface area contributed by atoms with Gasteiger partial charge in [-0.25, -0.2) is 4.79 Å². The summed E-state index contributed by atoms with van der Waals surface area (Å²) in [6.45, 7) is 6.42. The molecule has 0 aromatic heterocycles. The van der Waals surface area contributed by atoms with Gasteiger partial charge in [0.15, 0.2) is 0 Å². The largest absolute Gasteiger partial charge is 0.508 e. The third-order valence-corrected chi connectivity index (χ3v) is 4.41. The number of phenolic OH excluding ortho intramolecular Hbond substituents is 2. The molecule has 1 amide bonds. The van der Waals surface area contributed by atoms with Gasteiger partial charge in [-0.15, -0.1) is 0 Å². The molecular formula is C21H25NO5. The van der Waals surface area contributed by atoms with E-state index in [1.165, 1.54) is 13.2 Å². The maximum absolute atomic E-state index is 12.9. The van der Waals surface area contributed by atoms with Crippen LogP contribution in [0.5, 0.6) is 11.5 Å². The first-order valence-electron chi connectivity index (χ1n) is 8.80. The molecule has 0 aliphatic carbocycles. The Balaban J connectivity index is 2.26. The lowest BCUT2D eigenvalue weighted by molar-refractivity contribution is 0.0600. The fraction of sp³-hybridized carbons (Fsp3) is 0.333. The zero-order chi connectivity index (χ0) is 20.1. The number of hydrogen-bond donors (Lipinski definition) is 2. The molecule has 27 heavy (non-hydrogen) atoms. The van der Waals surface area contributed by atoms with Gasteiger partial charge in [0.1, 0.15) is 11.5 Å². The summed E-state index contributed by atoms with van der Waals surface area (Å²) in [4.78, 5) is 26.0. The van der Waals surface area contributed by atoms with Crippen LogP contribution in [0.25, 0.3) is 0 Å². The van der Waals surface area contributed by atoms with Crippen LogP contribution in [0, 0.1) is 0 Å². The second kappa shape index (κ2) is 8.58. The Morgan fingerprint density at radius 3 is 2.22 bits per heavy atom.